The van der Waals surface area contributed by atoms with E-state index in [1.165, 1.54) is 51.5 Å². The summed E-state index contributed by atoms with van der Waals surface area (Å²) in [7, 11) is 0. The molecule has 19 nitrogen and oxygen atoms in total. The standard InChI is InChI=1S/C41H71NO18/c1-3-4-5-6-7-8-9-10-11-12-13-14-15-16-17-18-19-26(47)25(42-24(2)46)23-55-39-35(53)32(50)37(28(21-44)57-39)60-41-36(54)33(51)38(29(22-45)58-41)59-40-34(52)31(49)30(48)27(20-43)56-40/h10-11,14-15,18-19,25-41,43-45,47-54H,3-9,12-13,16-17,20-23H2,1-2H3,(H,42,46)/b11-10+,15-14+,19-18+. The van der Waals surface area contributed by atoms with Crippen LogP contribution in [0.2, 0.25) is 0 Å². The van der Waals surface area contributed by atoms with E-state index in [1.807, 2.05) is 0 Å². The van der Waals surface area contributed by atoms with Gasteiger partial charge in [-0.2, -0.15) is 0 Å². The van der Waals surface area contributed by atoms with Crippen molar-refractivity contribution in [3.63, 3.8) is 0 Å². The lowest BCUT2D eigenvalue weighted by molar-refractivity contribution is -0.379. The first-order valence-electron chi connectivity index (χ1n) is 21.2. The fourth-order valence-corrected chi connectivity index (χ4v) is 7.13. The second-order valence-corrected chi connectivity index (χ2v) is 15.5. The molecule has 0 aliphatic carbocycles. The second kappa shape index (κ2) is 27.9. The van der Waals surface area contributed by atoms with Gasteiger partial charge in [0.15, 0.2) is 18.9 Å². The molecule has 12 N–H and O–H groups in total. The predicted octanol–water partition coefficient (Wildman–Crippen LogP) is -1.70. The predicted molar refractivity (Wildman–Crippen MR) is 212 cm³/mol. The van der Waals surface area contributed by atoms with Gasteiger partial charge in [0.05, 0.1) is 38.6 Å². The third-order valence-corrected chi connectivity index (χ3v) is 10.7. The molecule has 0 aromatic heterocycles. The van der Waals surface area contributed by atoms with Gasteiger partial charge in [-0.05, 0) is 38.5 Å². The number of aliphatic hydroxyl groups excluding tert-OH is 11. The molecule has 19 heteroatoms. The van der Waals surface area contributed by atoms with E-state index in [1.54, 1.807) is 6.08 Å². The highest BCUT2D eigenvalue weighted by Gasteiger charge is 2.53. The number of ether oxygens (including phenoxy) is 6. The summed E-state index contributed by atoms with van der Waals surface area (Å²) in [6, 6.07) is -0.993. The first-order valence-corrected chi connectivity index (χ1v) is 21.2. The number of amides is 1. The summed E-state index contributed by atoms with van der Waals surface area (Å²) in [4.78, 5) is 12.0. The van der Waals surface area contributed by atoms with Crippen LogP contribution in [0.25, 0.3) is 0 Å². The zero-order valence-corrected chi connectivity index (χ0v) is 34.7. The van der Waals surface area contributed by atoms with Crippen LogP contribution in [-0.4, -0.2) is 193 Å². The molecule has 17 unspecified atom stereocenters. The van der Waals surface area contributed by atoms with Gasteiger partial charge >= 0.3 is 0 Å². The van der Waals surface area contributed by atoms with Crippen molar-refractivity contribution in [3.05, 3.63) is 36.5 Å². The first-order chi connectivity index (χ1) is 28.8. The average Bonchev–Trinajstić information content (AvgIpc) is 3.23. The van der Waals surface area contributed by atoms with Crippen LogP contribution in [0.3, 0.4) is 0 Å². The Labute approximate surface area is 351 Å². The minimum atomic E-state index is -1.98. The molecule has 0 aromatic rings. The van der Waals surface area contributed by atoms with Gasteiger partial charge in [0.1, 0.15) is 73.2 Å². The summed E-state index contributed by atoms with van der Waals surface area (Å²) in [5.41, 5.74) is 0. The molecule has 0 saturated carbocycles. The van der Waals surface area contributed by atoms with E-state index in [0.29, 0.717) is 6.42 Å². The van der Waals surface area contributed by atoms with Crippen LogP contribution in [0.15, 0.2) is 36.5 Å². The molecule has 0 spiro atoms. The Kier molecular flexibility index (Phi) is 24.4. The van der Waals surface area contributed by atoms with Gasteiger partial charge in [-0.1, -0.05) is 75.5 Å². The second-order valence-electron chi connectivity index (χ2n) is 15.5. The van der Waals surface area contributed by atoms with Crippen molar-refractivity contribution in [1.29, 1.82) is 0 Å². The molecule has 0 radical (unpaired) electrons. The average molecular weight is 866 g/mol. The van der Waals surface area contributed by atoms with E-state index in [2.05, 4.69) is 36.5 Å². The Morgan fingerprint density at radius 3 is 1.57 bits per heavy atom. The third kappa shape index (κ3) is 16.0. The van der Waals surface area contributed by atoms with Gasteiger partial charge in [-0.15, -0.1) is 0 Å². The lowest BCUT2D eigenvalue weighted by atomic mass is 9.96. The molecule has 60 heavy (non-hydrogen) atoms. The van der Waals surface area contributed by atoms with E-state index < -0.39 is 130 Å². The Bertz CT molecular complexity index is 1270. The monoisotopic (exact) mass is 865 g/mol. The lowest BCUT2D eigenvalue weighted by Crippen LogP contribution is -2.66. The molecule has 0 bridgehead atoms. The molecule has 0 aromatic carbocycles. The fraction of sp³-hybridized carbons (Fsp3) is 0.829. The molecule has 17 atom stereocenters. The Hall–Kier alpha value is -1.99. The molecule has 3 rings (SSSR count). The highest BCUT2D eigenvalue weighted by Crippen LogP contribution is 2.32. The molecule has 3 saturated heterocycles. The number of aliphatic hydroxyl groups is 11. The smallest absolute Gasteiger partial charge is 0.217 e. The minimum Gasteiger partial charge on any atom is -0.394 e. The van der Waals surface area contributed by atoms with Gasteiger partial charge in [-0.25, -0.2) is 0 Å². The summed E-state index contributed by atoms with van der Waals surface area (Å²) in [6.45, 7) is 0.648. The molecule has 3 aliphatic heterocycles. The zero-order valence-electron chi connectivity index (χ0n) is 34.7. The summed E-state index contributed by atoms with van der Waals surface area (Å²) >= 11 is 0. The van der Waals surface area contributed by atoms with Crippen LogP contribution < -0.4 is 5.32 Å². The van der Waals surface area contributed by atoms with Crippen LogP contribution in [-0.2, 0) is 33.2 Å². The van der Waals surface area contributed by atoms with Gasteiger partial charge in [-0.3, -0.25) is 4.79 Å². The topological polar surface area (TPSA) is 307 Å². The van der Waals surface area contributed by atoms with Gasteiger partial charge in [0.25, 0.3) is 0 Å². The summed E-state index contributed by atoms with van der Waals surface area (Å²) in [5, 5.41) is 117. The van der Waals surface area contributed by atoms with Gasteiger partial charge in [0, 0.05) is 6.92 Å². The van der Waals surface area contributed by atoms with Crippen molar-refractivity contribution in [2.45, 2.75) is 189 Å². The number of hydrogen-bond donors (Lipinski definition) is 12. The SMILES string of the molecule is CCCCCCCC/C=C/CC/C=C/CC/C=C/C(O)C(COC1OC(CO)C(OC2OC(CO)C(OC3OC(CO)C(O)C(O)C3O)C(O)C2O)C(O)C1O)NC(C)=O. The maximum atomic E-state index is 12.0. The first kappa shape index (κ1) is 52.4. The largest absolute Gasteiger partial charge is 0.394 e. The molecule has 3 fully saturated rings. The normalized spacial score (nSPS) is 36.3. The van der Waals surface area contributed by atoms with Crippen molar-refractivity contribution >= 4 is 5.91 Å². The molecule has 3 aliphatic rings. The molecule has 348 valence electrons. The number of allylic oxidation sites excluding steroid dienone is 5. The van der Waals surface area contributed by atoms with Crippen LogP contribution in [0, 0.1) is 0 Å². The summed E-state index contributed by atoms with van der Waals surface area (Å²) in [6.07, 6.45) is -2.79. The van der Waals surface area contributed by atoms with Crippen molar-refractivity contribution in [3.8, 4) is 0 Å². The van der Waals surface area contributed by atoms with Crippen LogP contribution in [0.5, 0.6) is 0 Å². The molecular formula is C41H71NO18. The highest BCUT2D eigenvalue weighted by atomic mass is 16.8. The van der Waals surface area contributed by atoms with E-state index in [0.717, 1.165) is 25.7 Å². The lowest BCUT2D eigenvalue weighted by Gasteiger charge is -2.48. The maximum absolute atomic E-state index is 12.0. The van der Waals surface area contributed by atoms with Crippen molar-refractivity contribution in [2.75, 3.05) is 26.4 Å². The summed E-state index contributed by atoms with van der Waals surface area (Å²) in [5.74, 6) is -0.470. The van der Waals surface area contributed by atoms with Crippen LogP contribution in [0.4, 0.5) is 0 Å². The number of carbonyl (C=O) groups is 1. The highest BCUT2D eigenvalue weighted by molar-refractivity contribution is 5.73. The van der Waals surface area contributed by atoms with Crippen molar-refractivity contribution in [2.24, 2.45) is 0 Å². The van der Waals surface area contributed by atoms with Gasteiger partial charge in [0.2, 0.25) is 5.91 Å². The van der Waals surface area contributed by atoms with Crippen molar-refractivity contribution in [1.82, 2.24) is 5.32 Å². The number of carbonyl (C=O) groups excluding carboxylic acids is 1. The van der Waals surface area contributed by atoms with E-state index in [4.69, 9.17) is 28.4 Å². The fourth-order valence-electron chi connectivity index (χ4n) is 7.13. The Balaban J connectivity index is 1.49. The molecule has 1 amide bonds. The van der Waals surface area contributed by atoms with Crippen LogP contribution in [0.1, 0.15) is 84.5 Å². The minimum absolute atomic E-state index is 0.389. The number of hydrogen-bond acceptors (Lipinski definition) is 18. The van der Waals surface area contributed by atoms with E-state index >= 15 is 0 Å². The van der Waals surface area contributed by atoms with Gasteiger partial charge < -0.3 is 89.9 Å². The number of rotatable bonds is 26. The maximum Gasteiger partial charge on any atom is 0.217 e. The summed E-state index contributed by atoms with van der Waals surface area (Å²) < 4.78 is 33.5. The van der Waals surface area contributed by atoms with E-state index in [-0.39, 0.29) is 6.61 Å². The Morgan fingerprint density at radius 2 is 1.03 bits per heavy atom. The zero-order chi connectivity index (χ0) is 44.2. The molecule has 3 heterocycles. The third-order valence-electron chi connectivity index (χ3n) is 10.7. The van der Waals surface area contributed by atoms with E-state index in [9.17, 15) is 61.0 Å². The Morgan fingerprint density at radius 1 is 0.583 bits per heavy atom. The van der Waals surface area contributed by atoms with Crippen LogP contribution >= 0.6 is 0 Å². The number of nitrogens with one attached hydrogen (secondary N) is 1. The number of unbranched alkanes of at least 4 members (excludes halogenated alkanes) is 8. The van der Waals surface area contributed by atoms with Crippen molar-refractivity contribution < 1.29 is 89.4 Å². The molecular weight excluding hydrogens is 794 g/mol. The quantitative estimate of drug-likeness (QED) is 0.0341.